The number of fused-ring (bicyclic) bond motifs is 1. The third-order valence-corrected chi connectivity index (χ3v) is 9.66. The lowest BCUT2D eigenvalue weighted by Gasteiger charge is -2.41. The van der Waals surface area contributed by atoms with Gasteiger partial charge in [0.15, 0.2) is 0 Å². The second kappa shape index (κ2) is 12.3. The molecule has 0 aromatic rings. The van der Waals surface area contributed by atoms with Crippen LogP contribution in [0.3, 0.4) is 0 Å². The fraction of sp³-hybridized carbons (Fsp3) is 0.815. The van der Waals surface area contributed by atoms with Crippen LogP contribution in [0, 0.1) is 17.8 Å². The van der Waals surface area contributed by atoms with E-state index in [-0.39, 0.29) is 35.8 Å². The predicted molar refractivity (Wildman–Crippen MR) is 144 cm³/mol. The van der Waals surface area contributed by atoms with Crippen LogP contribution < -0.4 is 0 Å². The van der Waals surface area contributed by atoms with E-state index in [1.165, 1.54) is 0 Å². The third-order valence-electron chi connectivity index (χ3n) is 8.82. The van der Waals surface area contributed by atoms with Crippen LogP contribution in [0.1, 0.15) is 33.6 Å². The number of alkyl halides is 1. The number of hydrogen-bond acceptors (Lipinski definition) is 8. The summed E-state index contributed by atoms with van der Waals surface area (Å²) in [7, 11) is 0. The lowest BCUT2D eigenvalue weighted by atomic mass is 9.70. The summed E-state index contributed by atoms with van der Waals surface area (Å²) in [4.78, 5) is 47.2. The van der Waals surface area contributed by atoms with Crippen molar-refractivity contribution in [1.29, 1.82) is 0 Å². The number of nitrogens with zero attached hydrogens (tertiary/aromatic N) is 3. The van der Waals surface area contributed by atoms with Crippen LogP contribution in [-0.2, 0) is 28.6 Å². The molecule has 214 valence electrons. The van der Waals surface area contributed by atoms with Crippen LogP contribution in [0.15, 0.2) is 12.7 Å². The number of aliphatic hydroxyl groups excluding tert-OH is 1. The Bertz CT molecular complexity index is 900. The van der Waals surface area contributed by atoms with Crippen LogP contribution in [0.4, 0.5) is 0 Å². The monoisotopic (exact) mass is 599 g/mol. The van der Waals surface area contributed by atoms with Crippen molar-refractivity contribution in [3.05, 3.63) is 12.7 Å². The van der Waals surface area contributed by atoms with Crippen molar-refractivity contribution in [2.24, 2.45) is 17.8 Å². The molecule has 4 heterocycles. The highest BCUT2D eigenvalue weighted by molar-refractivity contribution is 9.09. The van der Waals surface area contributed by atoms with Gasteiger partial charge in [-0.25, -0.2) is 0 Å². The first-order chi connectivity index (χ1) is 18.2. The highest BCUT2D eigenvalue weighted by Gasteiger charge is 2.77. The topological polar surface area (TPSA) is 109 Å². The fourth-order valence-electron chi connectivity index (χ4n) is 6.73. The standard InChI is InChI=1S/C27H42BrN3O7/c1-5-8-30(10-9-29-11-13-36-14-12-29)25(34)23-27-15-18(28)22(38-27)20(26(35)37-7-3)21(27)24(33)31(23)19(16-32)17(4)6-2/h5,17-23,32H,1,6-16H2,2-4H3/t17-,18?,19-,20+,21-,22+,23?,27?/m0/s1. The smallest absolute Gasteiger partial charge is 0.312 e. The Morgan fingerprint density at radius 2 is 2.05 bits per heavy atom. The Kier molecular flexibility index (Phi) is 9.55. The van der Waals surface area contributed by atoms with E-state index < -0.39 is 41.6 Å². The van der Waals surface area contributed by atoms with E-state index in [0.29, 0.717) is 45.7 Å². The zero-order valence-electron chi connectivity index (χ0n) is 22.7. The van der Waals surface area contributed by atoms with Gasteiger partial charge in [-0.15, -0.1) is 6.58 Å². The Labute approximate surface area is 233 Å². The first-order valence-corrected chi connectivity index (χ1v) is 14.8. The first-order valence-electron chi connectivity index (χ1n) is 13.9. The maximum absolute atomic E-state index is 14.5. The van der Waals surface area contributed by atoms with Gasteiger partial charge in [0.2, 0.25) is 11.8 Å². The van der Waals surface area contributed by atoms with Crippen molar-refractivity contribution >= 4 is 33.7 Å². The zero-order chi connectivity index (χ0) is 27.6. The molecule has 4 rings (SSSR count). The quantitative estimate of drug-likeness (QED) is 0.201. The van der Waals surface area contributed by atoms with Crippen molar-refractivity contribution in [2.75, 3.05) is 59.2 Å². The van der Waals surface area contributed by atoms with E-state index in [0.717, 1.165) is 13.1 Å². The molecule has 4 aliphatic rings. The van der Waals surface area contributed by atoms with Gasteiger partial charge in [0.1, 0.15) is 11.6 Å². The van der Waals surface area contributed by atoms with Crippen molar-refractivity contribution in [3.63, 3.8) is 0 Å². The Morgan fingerprint density at radius 1 is 1.34 bits per heavy atom. The molecule has 1 spiro atoms. The van der Waals surface area contributed by atoms with Crippen LogP contribution in [0.25, 0.3) is 0 Å². The minimum atomic E-state index is -1.18. The maximum atomic E-state index is 14.5. The van der Waals surface area contributed by atoms with Gasteiger partial charge in [-0.2, -0.15) is 0 Å². The van der Waals surface area contributed by atoms with Gasteiger partial charge in [-0.1, -0.05) is 42.3 Å². The summed E-state index contributed by atoms with van der Waals surface area (Å²) < 4.78 is 17.4. The van der Waals surface area contributed by atoms with Crippen molar-refractivity contribution in [2.45, 2.75) is 62.2 Å². The first kappa shape index (κ1) is 29.5. The number of likely N-dealkylation sites (tertiary alicyclic amines) is 1. The van der Waals surface area contributed by atoms with E-state index in [9.17, 15) is 19.5 Å². The second-order valence-corrected chi connectivity index (χ2v) is 12.0. The lowest BCUT2D eigenvalue weighted by molar-refractivity contribution is -0.156. The van der Waals surface area contributed by atoms with Crippen LogP contribution in [0.5, 0.6) is 0 Å². The molecule has 1 N–H and O–H groups in total. The normalized spacial score (nSPS) is 34.2. The van der Waals surface area contributed by atoms with Gasteiger partial charge in [0, 0.05) is 37.6 Å². The molecule has 8 atom stereocenters. The van der Waals surface area contributed by atoms with E-state index in [4.69, 9.17) is 14.2 Å². The van der Waals surface area contributed by atoms with Crippen molar-refractivity contribution < 1.29 is 33.7 Å². The summed E-state index contributed by atoms with van der Waals surface area (Å²) in [6.45, 7) is 13.8. The van der Waals surface area contributed by atoms with E-state index in [2.05, 4.69) is 27.4 Å². The molecule has 2 amide bonds. The molecule has 38 heavy (non-hydrogen) atoms. The van der Waals surface area contributed by atoms with Crippen LogP contribution in [-0.4, -0.2) is 125 Å². The molecular formula is C27H42BrN3O7. The number of aliphatic hydroxyl groups is 1. The number of hydrogen-bond donors (Lipinski definition) is 1. The Hall–Kier alpha value is -1.53. The highest BCUT2D eigenvalue weighted by Crippen LogP contribution is 2.61. The van der Waals surface area contributed by atoms with Gasteiger partial charge in [-0.3, -0.25) is 19.3 Å². The summed E-state index contributed by atoms with van der Waals surface area (Å²) in [6.07, 6.45) is 2.26. The molecule has 2 bridgehead atoms. The molecule has 0 aromatic carbocycles. The molecule has 4 fully saturated rings. The minimum absolute atomic E-state index is 0.0614. The number of ether oxygens (including phenoxy) is 3. The fourth-order valence-corrected chi connectivity index (χ4v) is 7.68. The molecule has 4 aliphatic heterocycles. The predicted octanol–water partition coefficient (Wildman–Crippen LogP) is 1.05. The third kappa shape index (κ3) is 5.05. The van der Waals surface area contributed by atoms with Gasteiger partial charge in [0.25, 0.3) is 0 Å². The Morgan fingerprint density at radius 3 is 2.66 bits per heavy atom. The summed E-state index contributed by atoms with van der Waals surface area (Å²) in [6, 6.07) is -1.54. The molecular weight excluding hydrogens is 558 g/mol. The van der Waals surface area contributed by atoms with Crippen molar-refractivity contribution in [1.82, 2.24) is 14.7 Å². The number of morpholine rings is 1. The number of halogens is 1. The second-order valence-electron chi connectivity index (χ2n) is 10.8. The average molecular weight is 601 g/mol. The van der Waals surface area contributed by atoms with E-state index in [1.807, 2.05) is 13.8 Å². The molecule has 0 saturated carbocycles. The number of esters is 1. The van der Waals surface area contributed by atoms with E-state index in [1.54, 1.807) is 22.8 Å². The number of amides is 2. The molecule has 10 nitrogen and oxygen atoms in total. The van der Waals surface area contributed by atoms with Gasteiger partial charge >= 0.3 is 5.97 Å². The number of carbonyl (C=O) groups is 3. The molecule has 0 radical (unpaired) electrons. The summed E-state index contributed by atoms with van der Waals surface area (Å²) in [5, 5.41) is 10.5. The largest absolute Gasteiger partial charge is 0.466 e. The summed E-state index contributed by atoms with van der Waals surface area (Å²) in [5.41, 5.74) is -1.18. The molecule has 3 unspecified atom stereocenters. The Balaban J connectivity index is 1.72. The number of rotatable bonds is 12. The van der Waals surface area contributed by atoms with Gasteiger partial charge in [-0.05, 0) is 19.3 Å². The van der Waals surface area contributed by atoms with Gasteiger partial charge < -0.3 is 29.1 Å². The summed E-state index contributed by atoms with van der Waals surface area (Å²) >= 11 is 3.68. The average Bonchev–Trinajstić information content (AvgIpc) is 3.51. The molecule has 11 heteroatoms. The zero-order valence-corrected chi connectivity index (χ0v) is 24.3. The van der Waals surface area contributed by atoms with E-state index >= 15 is 0 Å². The minimum Gasteiger partial charge on any atom is -0.466 e. The van der Waals surface area contributed by atoms with Crippen LogP contribution in [0.2, 0.25) is 0 Å². The molecule has 0 aromatic heterocycles. The number of carbonyl (C=O) groups excluding carboxylic acids is 3. The SMILES string of the molecule is C=CCN(CCN1CCOCC1)C(=O)C1N([C@@H](CO)[C@@H](C)CC)C(=O)[C@@H]2[C@@H](C(=O)OCC)[C@@H]3OC12CC3Br. The molecule has 0 aliphatic carbocycles. The lowest BCUT2D eigenvalue weighted by Crippen LogP contribution is -2.60. The maximum Gasteiger partial charge on any atom is 0.312 e. The summed E-state index contributed by atoms with van der Waals surface area (Å²) in [5.74, 6) is -2.73. The van der Waals surface area contributed by atoms with Crippen LogP contribution >= 0.6 is 15.9 Å². The molecule has 4 saturated heterocycles. The van der Waals surface area contributed by atoms with Gasteiger partial charge in [0.05, 0.1) is 50.4 Å². The highest BCUT2D eigenvalue weighted by atomic mass is 79.9. The van der Waals surface area contributed by atoms with Crippen molar-refractivity contribution in [3.8, 4) is 0 Å².